The average molecular weight is 567 g/mol. The lowest BCUT2D eigenvalue weighted by Crippen LogP contribution is -2.35. The van der Waals surface area contributed by atoms with Crippen LogP contribution in [0, 0.1) is 6.92 Å². The number of ether oxygens (including phenoxy) is 1. The van der Waals surface area contributed by atoms with Crippen molar-refractivity contribution in [3.8, 4) is 22.7 Å². The summed E-state index contributed by atoms with van der Waals surface area (Å²) in [5, 5.41) is 11.2. The van der Waals surface area contributed by atoms with Crippen LogP contribution in [-0.4, -0.2) is 28.0 Å². The van der Waals surface area contributed by atoms with Gasteiger partial charge in [0.1, 0.15) is 11.4 Å². The highest BCUT2D eigenvalue weighted by Crippen LogP contribution is 2.34. The number of nitrogens with one attached hydrogen (secondary N) is 1. The summed E-state index contributed by atoms with van der Waals surface area (Å²) in [4.78, 5) is 13.0. The molecular weight excluding hydrogens is 540 g/mol. The summed E-state index contributed by atoms with van der Waals surface area (Å²) < 4.78 is 8.72. The molecule has 38 heavy (non-hydrogen) atoms. The van der Waals surface area contributed by atoms with E-state index in [1.165, 1.54) is 5.56 Å². The van der Waals surface area contributed by atoms with Crippen LogP contribution in [0.2, 0.25) is 0 Å². The Morgan fingerprint density at radius 1 is 1.03 bits per heavy atom. The van der Waals surface area contributed by atoms with Crippen LogP contribution >= 0.6 is 15.9 Å². The molecule has 4 aromatic carbocycles. The van der Waals surface area contributed by atoms with Gasteiger partial charge in [0.05, 0.1) is 16.4 Å². The summed E-state index contributed by atoms with van der Waals surface area (Å²) in [6.07, 6.45) is 3.31. The highest BCUT2D eigenvalue weighted by Gasteiger charge is 2.20. The third-order valence-electron chi connectivity index (χ3n) is 6.23. The fraction of sp³-hybridized carbons (Fsp3) is 0.129. The van der Waals surface area contributed by atoms with Gasteiger partial charge in [0.15, 0.2) is 6.10 Å². The van der Waals surface area contributed by atoms with Crippen LogP contribution in [0.5, 0.6) is 5.75 Å². The second-order valence-electron chi connectivity index (χ2n) is 8.93. The molecule has 0 radical (unpaired) electrons. The number of amides is 1. The van der Waals surface area contributed by atoms with E-state index in [4.69, 9.17) is 9.84 Å². The number of aromatic nitrogens is 2. The molecule has 0 aliphatic heterocycles. The third kappa shape index (κ3) is 5.53. The summed E-state index contributed by atoms with van der Waals surface area (Å²) in [7, 11) is 0. The second-order valence-corrected chi connectivity index (χ2v) is 9.72. The molecule has 1 heterocycles. The molecule has 7 heteroatoms. The first kappa shape index (κ1) is 25.4. The molecule has 1 amide bonds. The SMILES string of the molecule is CC[C@H](Oc1ccc2ccccc2c1Br)C(=O)N/N=C/c1cn(-c2ccccc2)nc1-c1ccc(C)cc1. The van der Waals surface area contributed by atoms with Gasteiger partial charge in [-0.3, -0.25) is 4.79 Å². The van der Waals surface area contributed by atoms with Crippen molar-refractivity contribution >= 4 is 38.8 Å². The number of halogens is 1. The molecule has 0 spiro atoms. The normalized spacial score (nSPS) is 12.1. The van der Waals surface area contributed by atoms with Crippen molar-refractivity contribution in [1.29, 1.82) is 0 Å². The number of hydrazone groups is 1. The Kier molecular flexibility index (Phi) is 7.65. The molecule has 0 aliphatic rings. The molecular formula is C31H27BrN4O2. The van der Waals surface area contributed by atoms with Crippen molar-refractivity contribution in [2.75, 3.05) is 0 Å². The van der Waals surface area contributed by atoms with Crippen LogP contribution in [0.4, 0.5) is 0 Å². The zero-order chi connectivity index (χ0) is 26.5. The first-order valence-corrected chi connectivity index (χ1v) is 13.2. The van der Waals surface area contributed by atoms with Crippen molar-refractivity contribution in [3.05, 3.63) is 113 Å². The molecule has 0 saturated carbocycles. The Morgan fingerprint density at radius 2 is 1.76 bits per heavy atom. The number of hydrogen-bond donors (Lipinski definition) is 1. The molecule has 1 N–H and O–H groups in total. The maximum absolute atomic E-state index is 13.0. The van der Waals surface area contributed by atoms with Crippen LogP contribution in [0.25, 0.3) is 27.7 Å². The fourth-order valence-electron chi connectivity index (χ4n) is 4.15. The topological polar surface area (TPSA) is 68.5 Å². The van der Waals surface area contributed by atoms with Crippen LogP contribution in [-0.2, 0) is 4.79 Å². The molecule has 5 aromatic rings. The molecule has 1 atom stereocenters. The molecule has 0 unspecified atom stereocenters. The molecule has 0 fully saturated rings. The summed E-state index contributed by atoms with van der Waals surface area (Å²) in [6, 6.07) is 29.9. The van der Waals surface area contributed by atoms with E-state index >= 15 is 0 Å². The zero-order valence-corrected chi connectivity index (χ0v) is 22.7. The number of fused-ring (bicyclic) bond motifs is 1. The molecule has 6 nitrogen and oxygen atoms in total. The van der Waals surface area contributed by atoms with Gasteiger partial charge in [-0.1, -0.05) is 85.3 Å². The Bertz CT molecular complexity index is 1590. The summed E-state index contributed by atoms with van der Waals surface area (Å²) in [5.74, 6) is 0.289. The van der Waals surface area contributed by atoms with E-state index in [0.29, 0.717) is 12.2 Å². The fourth-order valence-corrected chi connectivity index (χ4v) is 4.73. The van der Waals surface area contributed by atoms with Gasteiger partial charge in [0.25, 0.3) is 5.91 Å². The molecule has 5 rings (SSSR count). The van der Waals surface area contributed by atoms with Crippen LogP contribution in [0.1, 0.15) is 24.5 Å². The number of hydrogen-bond acceptors (Lipinski definition) is 4. The van der Waals surface area contributed by atoms with Gasteiger partial charge in [-0.15, -0.1) is 0 Å². The Hall–Kier alpha value is -4.23. The van der Waals surface area contributed by atoms with Gasteiger partial charge >= 0.3 is 0 Å². The predicted molar refractivity (Wildman–Crippen MR) is 156 cm³/mol. The quantitative estimate of drug-likeness (QED) is 0.161. The largest absolute Gasteiger partial charge is 0.479 e. The lowest BCUT2D eigenvalue weighted by molar-refractivity contribution is -0.128. The van der Waals surface area contributed by atoms with Gasteiger partial charge in [0, 0.05) is 17.3 Å². The summed E-state index contributed by atoms with van der Waals surface area (Å²) >= 11 is 3.63. The highest BCUT2D eigenvalue weighted by molar-refractivity contribution is 9.10. The lowest BCUT2D eigenvalue weighted by atomic mass is 10.1. The van der Waals surface area contributed by atoms with Gasteiger partial charge in [-0.05, 0) is 58.2 Å². The number of carbonyl (C=O) groups excluding carboxylic acids is 1. The summed E-state index contributed by atoms with van der Waals surface area (Å²) in [6.45, 7) is 3.95. The van der Waals surface area contributed by atoms with E-state index < -0.39 is 6.10 Å². The maximum atomic E-state index is 13.0. The molecule has 0 aliphatic carbocycles. The van der Waals surface area contributed by atoms with E-state index in [2.05, 4.69) is 26.5 Å². The average Bonchev–Trinajstić information content (AvgIpc) is 3.38. The number of benzene rings is 4. The minimum Gasteiger partial charge on any atom is -0.479 e. The number of carbonyl (C=O) groups is 1. The first-order chi connectivity index (χ1) is 18.5. The van der Waals surface area contributed by atoms with E-state index in [0.717, 1.165) is 37.8 Å². The van der Waals surface area contributed by atoms with Gasteiger partial charge in [0.2, 0.25) is 0 Å². The first-order valence-electron chi connectivity index (χ1n) is 12.4. The van der Waals surface area contributed by atoms with Gasteiger partial charge in [-0.2, -0.15) is 10.2 Å². The standard InChI is InChI=1S/C31H27BrN4O2/c1-3-27(38-28-18-17-22-9-7-8-12-26(22)29(28)32)31(37)34-33-19-24-20-36(25-10-5-4-6-11-25)35-30(24)23-15-13-21(2)14-16-23/h4-20,27H,3H2,1-2H3,(H,34,37)/b33-19+/t27-/m0/s1. The van der Waals surface area contributed by atoms with Crippen molar-refractivity contribution < 1.29 is 9.53 Å². The monoisotopic (exact) mass is 566 g/mol. The maximum Gasteiger partial charge on any atom is 0.281 e. The highest BCUT2D eigenvalue weighted by atomic mass is 79.9. The molecule has 0 saturated heterocycles. The minimum atomic E-state index is -0.701. The second kappa shape index (κ2) is 11.4. The van der Waals surface area contributed by atoms with E-state index in [9.17, 15) is 4.79 Å². The molecule has 1 aromatic heterocycles. The van der Waals surface area contributed by atoms with Gasteiger partial charge < -0.3 is 4.74 Å². The molecule has 190 valence electrons. The van der Waals surface area contributed by atoms with Crippen molar-refractivity contribution in [1.82, 2.24) is 15.2 Å². The van der Waals surface area contributed by atoms with E-state index in [1.807, 2.05) is 116 Å². The zero-order valence-electron chi connectivity index (χ0n) is 21.1. The van der Waals surface area contributed by atoms with Crippen molar-refractivity contribution in [3.63, 3.8) is 0 Å². The van der Waals surface area contributed by atoms with Crippen molar-refractivity contribution in [2.24, 2.45) is 5.10 Å². The lowest BCUT2D eigenvalue weighted by Gasteiger charge is -2.17. The summed E-state index contributed by atoms with van der Waals surface area (Å²) in [5.41, 5.74) is 7.27. The third-order valence-corrected chi connectivity index (χ3v) is 7.04. The van der Waals surface area contributed by atoms with E-state index in [-0.39, 0.29) is 5.91 Å². The van der Waals surface area contributed by atoms with Gasteiger partial charge in [-0.25, -0.2) is 10.1 Å². The number of rotatable bonds is 8. The van der Waals surface area contributed by atoms with Crippen LogP contribution in [0.15, 0.2) is 107 Å². The van der Waals surface area contributed by atoms with E-state index in [1.54, 1.807) is 6.21 Å². The number of nitrogens with zero attached hydrogens (tertiary/aromatic N) is 3. The number of para-hydroxylation sites is 1. The van der Waals surface area contributed by atoms with Crippen molar-refractivity contribution in [2.45, 2.75) is 26.4 Å². The predicted octanol–water partition coefficient (Wildman–Crippen LogP) is 7.07. The van der Waals surface area contributed by atoms with Crippen LogP contribution < -0.4 is 10.2 Å². The Morgan fingerprint density at radius 3 is 2.53 bits per heavy atom. The number of aryl methyl sites for hydroxylation is 1. The smallest absolute Gasteiger partial charge is 0.281 e. The Labute approximate surface area is 230 Å². The Balaban J connectivity index is 1.36. The molecule has 0 bridgehead atoms. The minimum absolute atomic E-state index is 0.323. The van der Waals surface area contributed by atoms with Crippen LogP contribution in [0.3, 0.4) is 0 Å².